The molecule has 5 nitrogen and oxygen atoms in total. The molecule has 3 aromatic carbocycles. The van der Waals surface area contributed by atoms with Crippen molar-refractivity contribution >= 4 is 73.1 Å². The van der Waals surface area contributed by atoms with E-state index in [1.807, 2.05) is 12.1 Å². The van der Waals surface area contributed by atoms with Gasteiger partial charge in [-0.05, 0) is 77.2 Å². The average molecular weight is 547 g/mol. The summed E-state index contributed by atoms with van der Waals surface area (Å²) in [5.41, 5.74) is 1.24. The lowest BCUT2D eigenvalue weighted by Gasteiger charge is -2.11. The number of sulfonamides is 1. The summed E-state index contributed by atoms with van der Waals surface area (Å²) in [6, 6.07) is 17.5. The molecule has 0 aliphatic heterocycles. The third-order valence-electron chi connectivity index (χ3n) is 3.72. The van der Waals surface area contributed by atoms with E-state index in [1.165, 1.54) is 42.5 Å². The summed E-state index contributed by atoms with van der Waals surface area (Å²) >= 11 is 13.9. The van der Waals surface area contributed by atoms with Crippen LogP contribution >= 0.6 is 45.8 Å². The van der Waals surface area contributed by atoms with Gasteiger partial charge in [-0.15, -0.1) is 0 Å². The summed E-state index contributed by atoms with van der Waals surface area (Å²) in [5, 5.41) is 3.34. The molecular weight excluding hydrogens is 534 g/mol. The Bertz CT molecular complexity index is 1140. The first-order valence-corrected chi connectivity index (χ1v) is 11.2. The van der Waals surface area contributed by atoms with Crippen LogP contribution in [0.1, 0.15) is 10.4 Å². The Balaban J connectivity index is 1.76. The molecule has 0 aromatic heterocycles. The van der Waals surface area contributed by atoms with Gasteiger partial charge in [0.2, 0.25) is 0 Å². The van der Waals surface area contributed by atoms with Crippen LogP contribution in [0.4, 0.5) is 11.4 Å². The van der Waals surface area contributed by atoms with Crippen LogP contribution in [0.15, 0.2) is 71.6 Å². The van der Waals surface area contributed by atoms with E-state index >= 15 is 0 Å². The van der Waals surface area contributed by atoms with Crippen LogP contribution in [0.2, 0.25) is 10.0 Å². The highest BCUT2D eigenvalue weighted by atomic mass is 127. The van der Waals surface area contributed by atoms with E-state index in [0.29, 0.717) is 16.3 Å². The number of rotatable bonds is 5. The maximum atomic E-state index is 12.5. The van der Waals surface area contributed by atoms with E-state index in [9.17, 15) is 13.2 Å². The van der Waals surface area contributed by atoms with Crippen LogP contribution in [0.3, 0.4) is 0 Å². The van der Waals surface area contributed by atoms with Crippen molar-refractivity contribution in [2.75, 3.05) is 10.0 Å². The highest BCUT2D eigenvalue weighted by Crippen LogP contribution is 2.28. The van der Waals surface area contributed by atoms with Gasteiger partial charge in [0.15, 0.2) is 0 Å². The molecule has 9 heteroatoms. The molecule has 0 bridgehead atoms. The number of halogens is 3. The summed E-state index contributed by atoms with van der Waals surface area (Å²) in [6.45, 7) is 0. The Kier molecular flexibility index (Phi) is 6.49. The number of hydrogen-bond acceptors (Lipinski definition) is 3. The van der Waals surface area contributed by atoms with Crippen LogP contribution in [0, 0.1) is 3.57 Å². The van der Waals surface area contributed by atoms with E-state index in [1.54, 1.807) is 12.1 Å². The predicted molar refractivity (Wildman–Crippen MR) is 121 cm³/mol. The van der Waals surface area contributed by atoms with Crippen molar-refractivity contribution in [3.05, 3.63) is 85.9 Å². The summed E-state index contributed by atoms with van der Waals surface area (Å²) in [6.07, 6.45) is 0. The molecule has 28 heavy (non-hydrogen) atoms. The number of amides is 1. The Labute approximate surface area is 186 Å². The van der Waals surface area contributed by atoms with Crippen molar-refractivity contribution in [1.29, 1.82) is 0 Å². The van der Waals surface area contributed by atoms with Gasteiger partial charge in [0, 0.05) is 14.3 Å². The predicted octanol–water partition coefficient (Wildman–Crippen LogP) is 5.65. The lowest BCUT2D eigenvalue weighted by atomic mass is 10.2. The van der Waals surface area contributed by atoms with Crippen LogP contribution in [0.25, 0.3) is 0 Å². The van der Waals surface area contributed by atoms with Crippen LogP contribution < -0.4 is 10.0 Å². The van der Waals surface area contributed by atoms with Gasteiger partial charge in [-0.1, -0.05) is 35.3 Å². The fraction of sp³-hybridized carbons (Fsp3) is 0. The maximum absolute atomic E-state index is 12.5. The van der Waals surface area contributed by atoms with Gasteiger partial charge in [0.1, 0.15) is 0 Å². The molecule has 3 aromatic rings. The molecule has 0 spiro atoms. The number of nitrogens with one attached hydrogen (secondary N) is 2. The maximum Gasteiger partial charge on any atom is 0.261 e. The normalized spacial score (nSPS) is 11.1. The largest absolute Gasteiger partial charge is 0.322 e. The molecule has 1 amide bonds. The second-order valence-electron chi connectivity index (χ2n) is 5.69. The van der Waals surface area contributed by atoms with Crippen molar-refractivity contribution in [1.82, 2.24) is 0 Å². The van der Waals surface area contributed by atoms with Gasteiger partial charge in [-0.3, -0.25) is 9.52 Å². The van der Waals surface area contributed by atoms with E-state index in [-0.39, 0.29) is 21.5 Å². The quantitative estimate of drug-likeness (QED) is 0.406. The fourth-order valence-corrected chi connectivity index (χ4v) is 4.56. The van der Waals surface area contributed by atoms with Gasteiger partial charge in [0.05, 0.1) is 21.2 Å². The van der Waals surface area contributed by atoms with Crippen molar-refractivity contribution in [3.63, 3.8) is 0 Å². The number of hydrogen-bond donors (Lipinski definition) is 2. The Morgan fingerprint density at radius 1 is 0.929 bits per heavy atom. The zero-order chi connectivity index (χ0) is 20.3. The van der Waals surface area contributed by atoms with Gasteiger partial charge in [-0.2, -0.15) is 0 Å². The zero-order valence-electron chi connectivity index (χ0n) is 14.1. The van der Waals surface area contributed by atoms with E-state index < -0.39 is 10.0 Å². The third-order valence-corrected chi connectivity index (χ3v) is 6.59. The third kappa shape index (κ3) is 4.96. The molecule has 0 saturated heterocycles. The standard InChI is InChI=1S/C19H13Cl2IN2O3S/c20-12-5-10-18(16(21)11-12)24-28(26,27)14-8-6-13(7-9-14)23-19(25)15-3-1-2-4-17(15)22/h1-11,24H,(H,23,25). The minimum Gasteiger partial charge on any atom is -0.322 e. The number of carbonyl (C=O) groups excluding carboxylic acids is 1. The van der Waals surface area contributed by atoms with Gasteiger partial charge >= 0.3 is 0 Å². The first kappa shape index (κ1) is 20.9. The monoisotopic (exact) mass is 546 g/mol. The summed E-state index contributed by atoms with van der Waals surface area (Å²) < 4.78 is 28.3. The topological polar surface area (TPSA) is 75.3 Å². The van der Waals surface area contributed by atoms with Crippen molar-refractivity contribution in [2.45, 2.75) is 4.90 Å². The molecule has 3 rings (SSSR count). The Morgan fingerprint density at radius 3 is 2.25 bits per heavy atom. The smallest absolute Gasteiger partial charge is 0.261 e. The van der Waals surface area contributed by atoms with E-state index in [0.717, 1.165) is 3.57 Å². The number of carbonyl (C=O) groups is 1. The van der Waals surface area contributed by atoms with Gasteiger partial charge < -0.3 is 5.32 Å². The van der Waals surface area contributed by atoms with E-state index in [4.69, 9.17) is 23.2 Å². The highest BCUT2D eigenvalue weighted by Gasteiger charge is 2.16. The molecule has 0 unspecified atom stereocenters. The first-order valence-electron chi connectivity index (χ1n) is 7.90. The summed E-state index contributed by atoms with van der Waals surface area (Å²) in [7, 11) is -3.84. The van der Waals surface area contributed by atoms with E-state index in [2.05, 4.69) is 32.6 Å². The van der Waals surface area contributed by atoms with Crippen LogP contribution in [0.5, 0.6) is 0 Å². The molecule has 2 N–H and O–H groups in total. The number of benzene rings is 3. The Hall–Kier alpha value is -1.81. The molecule has 0 atom stereocenters. The van der Waals surface area contributed by atoms with Crippen molar-refractivity contribution in [2.24, 2.45) is 0 Å². The second kappa shape index (κ2) is 8.69. The minimum absolute atomic E-state index is 0.0332. The molecule has 0 saturated carbocycles. The Morgan fingerprint density at radius 2 is 1.61 bits per heavy atom. The molecule has 144 valence electrons. The van der Waals surface area contributed by atoms with Crippen molar-refractivity contribution < 1.29 is 13.2 Å². The van der Waals surface area contributed by atoms with Crippen LogP contribution in [-0.4, -0.2) is 14.3 Å². The molecule has 0 aliphatic rings. The van der Waals surface area contributed by atoms with Crippen molar-refractivity contribution in [3.8, 4) is 0 Å². The molecule has 0 heterocycles. The second-order valence-corrected chi connectivity index (χ2v) is 9.38. The average Bonchev–Trinajstić information content (AvgIpc) is 2.65. The fourth-order valence-electron chi connectivity index (χ4n) is 2.34. The van der Waals surface area contributed by atoms with Gasteiger partial charge in [0.25, 0.3) is 15.9 Å². The highest BCUT2D eigenvalue weighted by molar-refractivity contribution is 14.1. The zero-order valence-corrected chi connectivity index (χ0v) is 18.6. The first-order chi connectivity index (χ1) is 13.3. The SMILES string of the molecule is O=C(Nc1ccc(S(=O)(=O)Nc2ccc(Cl)cc2Cl)cc1)c1ccccc1I. The lowest BCUT2D eigenvalue weighted by Crippen LogP contribution is -2.15. The minimum atomic E-state index is -3.84. The molecule has 0 fully saturated rings. The van der Waals surface area contributed by atoms with Gasteiger partial charge in [-0.25, -0.2) is 8.42 Å². The molecule has 0 radical (unpaired) electrons. The lowest BCUT2D eigenvalue weighted by molar-refractivity contribution is 0.102. The summed E-state index contributed by atoms with van der Waals surface area (Å²) in [5.74, 6) is -0.272. The molecular formula is C19H13Cl2IN2O3S. The number of anilines is 2. The van der Waals surface area contributed by atoms with Crippen LogP contribution in [-0.2, 0) is 10.0 Å². The molecule has 0 aliphatic carbocycles. The summed E-state index contributed by atoms with van der Waals surface area (Å²) in [4.78, 5) is 12.4.